The molecule has 0 fully saturated rings. The maximum Gasteiger partial charge on any atom is 0.261 e. The first kappa shape index (κ1) is 14.8. The quantitative estimate of drug-likeness (QED) is 0.912. The molecule has 0 aliphatic heterocycles. The van der Waals surface area contributed by atoms with Crippen LogP contribution in [0.2, 0.25) is 5.02 Å². The van der Waals surface area contributed by atoms with Crippen molar-refractivity contribution in [1.82, 2.24) is 0 Å². The molecule has 0 bridgehead atoms. The lowest BCUT2D eigenvalue weighted by Gasteiger charge is -2.14. The Hall–Kier alpha value is -1.56. The summed E-state index contributed by atoms with van der Waals surface area (Å²) in [6.07, 6.45) is 0. The fourth-order valence-electron chi connectivity index (χ4n) is 1.81. The molecule has 0 heterocycles. The maximum atomic E-state index is 12.3. The van der Waals surface area contributed by atoms with Crippen LogP contribution in [0.25, 0.3) is 0 Å². The third-order valence-electron chi connectivity index (χ3n) is 2.89. The molecule has 2 rings (SSSR count). The molecule has 2 aromatic carbocycles. The van der Waals surface area contributed by atoms with Crippen molar-refractivity contribution in [3.8, 4) is 0 Å². The van der Waals surface area contributed by atoms with E-state index in [4.69, 9.17) is 11.6 Å². The van der Waals surface area contributed by atoms with Crippen molar-refractivity contribution in [3.05, 3.63) is 58.6 Å². The van der Waals surface area contributed by atoms with Crippen LogP contribution in [0.15, 0.2) is 47.4 Å². The zero-order chi connectivity index (χ0) is 14.8. The summed E-state index contributed by atoms with van der Waals surface area (Å²) in [6, 6.07) is 11.1. The monoisotopic (exact) mass is 311 g/mol. The first-order valence-electron chi connectivity index (χ1n) is 5.92. The molecule has 2 N–H and O–H groups in total. The molecule has 0 atom stereocenters. The number of hydrogen-bond donors (Lipinski definition) is 2. The molecule has 2 aromatic rings. The average Bonchev–Trinajstić information content (AvgIpc) is 2.41. The van der Waals surface area contributed by atoms with E-state index in [1.807, 2.05) is 0 Å². The summed E-state index contributed by atoms with van der Waals surface area (Å²) < 4.78 is 27.1. The van der Waals surface area contributed by atoms with Gasteiger partial charge in [0.25, 0.3) is 10.0 Å². The highest BCUT2D eigenvalue weighted by molar-refractivity contribution is 7.92. The number of halogens is 1. The molecule has 20 heavy (non-hydrogen) atoms. The van der Waals surface area contributed by atoms with Gasteiger partial charge in [-0.2, -0.15) is 0 Å². The van der Waals surface area contributed by atoms with Gasteiger partial charge < -0.3 is 5.11 Å². The molecule has 0 aromatic heterocycles. The number of anilines is 1. The molecule has 6 heteroatoms. The third-order valence-corrected chi connectivity index (χ3v) is 4.51. The van der Waals surface area contributed by atoms with Crippen LogP contribution >= 0.6 is 11.6 Å². The number of rotatable bonds is 4. The number of hydrogen-bond acceptors (Lipinski definition) is 3. The molecule has 0 aliphatic carbocycles. The van der Waals surface area contributed by atoms with Crippen LogP contribution in [0.4, 0.5) is 5.69 Å². The fraction of sp³-hybridized carbons (Fsp3) is 0.143. The van der Waals surface area contributed by atoms with Crippen molar-refractivity contribution in [2.75, 3.05) is 4.72 Å². The highest BCUT2D eigenvalue weighted by atomic mass is 35.5. The van der Waals surface area contributed by atoms with Crippen molar-refractivity contribution in [3.63, 3.8) is 0 Å². The van der Waals surface area contributed by atoms with Crippen molar-refractivity contribution >= 4 is 27.3 Å². The minimum absolute atomic E-state index is 0.119. The van der Waals surface area contributed by atoms with Gasteiger partial charge in [-0.05, 0) is 36.8 Å². The topological polar surface area (TPSA) is 66.4 Å². The van der Waals surface area contributed by atoms with E-state index >= 15 is 0 Å². The van der Waals surface area contributed by atoms with Crippen LogP contribution in [0.3, 0.4) is 0 Å². The van der Waals surface area contributed by atoms with Gasteiger partial charge in [0.05, 0.1) is 17.2 Å². The van der Waals surface area contributed by atoms with Gasteiger partial charge >= 0.3 is 0 Å². The molecule has 0 aliphatic rings. The van der Waals surface area contributed by atoms with Crippen molar-refractivity contribution in [2.24, 2.45) is 0 Å². The van der Waals surface area contributed by atoms with Gasteiger partial charge in [-0.25, -0.2) is 8.42 Å². The Kier molecular flexibility index (Phi) is 4.32. The van der Waals surface area contributed by atoms with Gasteiger partial charge in [-0.15, -0.1) is 0 Å². The summed E-state index contributed by atoms with van der Waals surface area (Å²) in [7, 11) is -3.70. The summed E-state index contributed by atoms with van der Waals surface area (Å²) in [5.74, 6) is 0. The standard InChI is InChI=1S/C14H14ClNO3S/c1-10-3-2-4-11(9-17)14(10)16-20(18,19)13-7-5-12(15)6-8-13/h2-8,16-17H,9H2,1H3. The number of sulfonamides is 1. The molecule has 0 unspecified atom stereocenters. The second kappa shape index (κ2) is 5.83. The van der Waals surface area contributed by atoms with E-state index in [1.165, 1.54) is 24.3 Å². The van der Waals surface area contributed by atoms with Gasteiger partial charge in [0.15, 0.2) is 0 Å². The summed E-state index contributed by atoms with van der Waals surface area (Å²) in [4.78, 5) is 0.119. The molecule has 0 spiro atoms. The van der Waals surface area contributed by atoms with Crippen molar-refractivity contribution < 1.29 is 13.5 Å². The Bertz CT molecular complexity index is 712. The van der Waals surface area contributed by atoms with Crippen LogP contribution < -0.4 is 4.72 Å². The highest BCUT2D eigenvalue weighted by Crippen LogP contribution is 2.24. The Balaban J connectivity index is 2.41. The number of aliphatic hydroxyl groups is 1. The number of nitrogens with one attached hydrogen (secondary N) is 1. The third kappa shape index (κ3) is 3.12. The minimum Gasteiger partial charge on any atom is -0.392 e. The molecule has 0 amide bonds. The summed E-state index contributed by atoms with van der Waals surface area (Å²) in [6.45, 7) is 1.54. The Morgan fingerprint density at radius 3 is 2.40 bits per heavy atom. The maximum absolute atomic E-state index is 12.3. The number of benzene rings is 2. The van der Waals surface area contributed by atoms with Gasteiger partial charge in [0.1, 0.15) is 0 Å². The molecule has 4 nitrogen and oxygen atoms in total. The Morgan fingerprint density at radius 2 is 1.80 bits per heavy atom. The zero-order valence-electron chi connectivity index (χ0n) is 10.8. The van der Waals surface area contributed by atoms with Crippen LogP contribution in [0.1, 0.15) is 11.1 Å². The molecular weight excluding hydrogens is 298 g/mol. The van der Waals surface area contributed by atoms with Crippen molar-refractivity contribution in [1.29, 1.82) is 0 Å². The van der Waals surface area contributed by atoms with Crippen LogP contribution in [0.5, 0.6) is 0 Å². The summed E-state index contributed by atoms with van der Waals surface area (Å²) >= 11 is 5.75. The predicted molar refractivity (Wildman–Crippen MR) is 79.4 cm³/mol. The second-order valence-corrected chi connectivity index (χ2v) is 6.45. The number of aliphatic hydroxyl groups excluding tert-OH is 1. The van der Waals surface area contributed by atoms with Gasteiger partial charge in [0.2, 0.25) is 0 Å². The second-order valence-electron chi connectivity index (χ2n) is 4.33. The Morgan fingerprint density at radius 1 is 1.15 bits per heavy atom. The number of aryl methyl sites for hydroxylation is 1. The van der Waals surface area contributed by atoms with E-state index in [1.54, 1.807) is 25.1 Å². The number of para-hydroxylation sites is 1. The molecule has 106 valence electrons. The average molecular weight is 312 g/mol. The predicted octanol–water partition coefficient (Wildman–Crippen LogP) is 2.94. The van der Waals surface area contributed by atoms with Crippen LogP contribution in [0, 0.1) is 6.92 Å². The Labute approximate surface area is 123 Å². The molecule has 0 saturated carbocycles. The largest absolute Gasteiger partial charge is 0.392 e. The fourth-order valence-corrected chi connectivity index (χ4v) is 3.11. The summed E-state index contributed by atoms with van der Waals surface area (Å²) in [5.41, 5.74) is 1.68. The van der Waals surface area contributed by atoms with Crippen LogP contribution in [-0.2, 0) is 16.6 Å². The lowest BCUT2D eigenvalue weighted by Crippen LogP contribution is -2.15. The molecule has 0 radical (unpaired) electrons. The zero-order valence-corrected chi connectivity index (χ0v) is 12.4. The van der Waals surface area contributed by atoms with E-state index in [0.29, 0.717) is 16.3 Å². The van der Waals surface area contributed by atoms with E-state index in [-0.39, 0.29) is 11.5 Å². The van der Waals surface area contributed by atoms with E-state index in [0.717, 1.165) is 5.56 Å². The lowest BCUT2D eigenvalue weighted by molar-refractivity contribution is 0.282. The van der Waals surface area contributed by atoms with Crippen molar-refractivity contribution in [2.45, 2.75) is 18.4 Å². The molecule has 0 saturated heterocycles. The first-order chi connectivity index (χ1) is 9.44. The van der Waals surface area contributed by atoms with E-state index in [9.17, 15) is 13.5 Å². The van der Waals surface area contributed by atoms with Gasteiger partial charge in [-0.1, -0.05) is 29.8 Å². The SMILES string of the molecule is Cc1cccc(CO)c1NS(=O)(=O)c1ccc(Cl)cc1. The smallest absolute Gasteiger partial charge is 0.261 e. The van der Waals surface area contributed by atoms with E-state index < -0.39 is 10.0 Å². The normalized spacial score (nSPS) is 11.3. The van der Waals surface area contributed by atoms with Gasteiger partial charge in [0, 0.05) is 10.6 Å². The van der Waals surface area contributed by atoms with Gasteiger partial charge in [-0.3, -0.25) is 4.72 Å². The minimum atomic E-state index is -3.70. The summed E-state index contributed by atoms with van der Waals surface area (Å²) in [5, 5.41) is 9.76. The highest BCUT2D eigenvalue weighted by Gasteiger charge is 2.17. The first-order valence-corrected chi connectivity index (χ1v) is 7.78. The van der Waals surface area contributed by atoms with Crippen LogP contribution in [-0.4, -0.2) is 13.5 Å². The molecular formula is C14H14ClNO3S. The lowest BCUT2D eigenvalue weighted by atomic mass is 10.1. The van der Waals surface area contributed by atoms with E-state index in [2.05, 4.69) is 4.72 Å².